The summed E-state index contributed by atoms with van der Waals surface area (Å²) in [5.74, 6) is -5.51. The first-order chi connectivity index (χ1) is 13.2. The number of rotatable bonds is 4. The first-order valence-electron chi connectivity index (χ1n) is 9.01. The van der Waals surface area contributed by atoms with Gasteiger partial charge in [0.15, 0.2) is 0 Å². The molecule has 7 nitrogen and oxygen atoms in total. The molecule has 2 aromatic rings. The number of alkyl halides is 2. The molecule has 2 aliphatic rings. The van der Waals surface area contributed by atoms with Crippen molar-refractivity contribution >= 4 is 28.4 Å². The second kappa shape index (κ2) is 6.29. The number of halogens is 2. The molecule has 0 aliphatic carbocycles. The van der Waals surface area contributed by atoms with E-state index in [4.69, 9.17) is 10.5 Å². The maximum Gasteiger partial charge on any atom is 0.331 e. The highest BCUT2D eigenvalue weighted by atomic mass is 19.3. The lowest BCUT2D eigenvalue weighted by molar-refractivity contribution is -0.143. The van der Waals surface area contributed by atoms with Crippen molar-refractivity contribution in [3.63, 3.8) is 0 Å². The molecule has 3 N–H and O–H groups in total. The minimum Gasteiger partial charge on any atom is -0.490 e. The number of carbonyl (C=O) groups excluding carboxylic acids is 2. The van der Waals surface area contributed by atoms with E-state index in [1.807, 2.05) is 13.8 Å². The summed E-state index contributed by atoms with van der Waals surface area (Å²) in [7, 11) is 0. The smallest absolute Gasteiger partial charge is 0.331 e. The largest absolute Gasteiger partial charge is 0.490 e. The fourth-order valence-electron chi connectivity index (χ4n) is 3.91. The number of ether oxygens (including phenoxy) is 1. The van der Waals surface area contributed by atoms with Crippen molar-refractivity contribution in [2.45, 2.75) is 31.9 Å². The van der Waals surface area contributed by atoms with Gasteiger partial charge in [-0.1, -0.05) is 0 Å². The number of nitrogens with two attached hydrogens (primary N) is 1. The molecule has 2 aliphatic heterocycles. The normalized spacial score (nSPS) is 23.2. The molecule has 0 saturated carbocycles. The number of nitrogens with one attached hydrogen (secondary N) is 1. The minimum absolute atomic E-state index is 0.000458. The van der Waals surface area contributed by atoms with Crippen LogP contribution in [0.25, 0.3) is 10.8 Å². The monoisotopic (exact) mass is 390 g/mol. The van der Waals surface area contributed by atoms with Crippen LogP contribution in [0.15, 0.2) is 24.4 Å². The van der Waals surface area contributed by atoms with Crippen LogP contribution in [-0.2, 0) is 4.79 Å². The van der Waals surface area contributed by atoms with Crippen LogP contribution < -0.4 is 20.7 Å². The zero-order valence-electron chi connectivity index (χ0n) is 15.4. The standard InChI is InChI=1S/C19H20F2N4O3/c1-9(2)28-15-6-11-10(5-12(15)16(22)26)3-4-23-17(11)25-7-13-14(8-25)24-18(27)19(13,20)21/h3-6,9,13-14H,7-8H2,1-2H3,(H2,22,26)(H,24,27). The van der Waals surface area contributed by atoms with Gasteiger partial charge in [0, 0.05) is 24.7 Å². The SMILES string of the molecule is CC(C)Oc1cc2c(N3CC4NC(=O)C(F)(F)C4C3)nccc2cc1C(N)=O. The summed E-state index contributed by atoms with van der Waals surface area (Å²) in [6, 6.07) is 4.38. The number of fused-ring (bicyclic) bond motifs is 2. The van der Waals surface area contributed by atoms with Gasteiger partial charge in [0.2, 0.25) is 0 Å². The molecule has 28 heavy (non-hydrogen) atoms. The molecule has 2 fully saturated rings. The van der Waals surface area contributed by atoms with Crippen molar-refractivity contribution in [2.24, 2.45) is 11.7 Å². The van der Waals surface area contributed by atoms with Gasteiger partial charge in [-0.15, -0.1) is 0 Å². The molecule has 2 amide bonds. The maximum atomic E-state index is 14.1. The van der Waals surface area contributed by atoms with Gasteiger partial charge in [-0.25, -0.2) is 4.98 Å². The van der Waals surface area contributed by atoms with Gasteiger partial charge >= 0.3 is 5.92 Å². The van der Waals surface area contributed by atoms with E-state index >= 15 is 0 Å². The molecule has 2 saturated heterocycles. The van der Waals surface area contributed by atoms with E-state index in [-0.39, 0.29) is 24.8 Å². The second-order valence-corrected chi connectivity index (χ2v) is 7.45. The lowest BCUT2D eigenvalue weighted by Gasteiger charge is -2.22. The molecule has 0 bridgehead atoms. The number of benzene rings is 1. The third-order valence-electron chi connectivity index (χ3n) is 5.18. The number of nitrogens with zero attached hydrogens (tertiary/aromatic N) is 2. The molecule has 1 aromatic heterocycles. The summed E-state index contributed by atoms with van der Waals surface area (Å²) in [5.41, 5.74) is 5.72. The molecule has 2 atom stereocenters. The average molecular weight is 390 g/mol. The van der Waals surface area contributed by atoms with Gasteiger partial charge in [-0.3, -0.25) is 9.59 Å². The highest BCUT2D eigenvalue weighted by Gasteiger charge is 2.60. The van der Waals surface area contributed by atoms with E-state index in [0.29, 0.717) is 22.3 Å². The molecule has 148 valence electrons. The Balaban J connectivity index is 1.76. The van der Waals surface area contributed by atoms with Gasteiger partial charge in [-0.2, -0.15) is 8.78 Å². The van der Waals surface area contributed by atoms with Crippen molar-refractivity contribution in [3.8, 4) is 5.75 Å². The van der Waals surface area contributed by atoms with Crippen molar-refractivity contribution in [1.29, 1.82) is 0 Å². The van der Waals surface area contributed by atoms with Gasteiger partial charge < -0.3 is 20.7 Å². The Morgan fingerprint density at radius 2 is 2.14 bits per heavy atom. The van der Waals surface area contributed by atoms with Crippen LogP contribution in [-0.4, -0.2) is 48.0 Å². The van der Waals surface area contributed by atoms with Crippen molar-refractivity contribution in [2.75, 3.05) is 18.0 Å². The van der Waals surface area contributed by atoms with E-state index in [2.05, 4.69) is 10.3 Å². The predicted octanol–water partition coefficient (Wildman–Crippen LogP) is 1.69. The van der Waals surface area contributed by atoms with Gasteiger partial charge in [0.25, 0.3) is 11.8 Å². The van der Waals surface area contributed by atoms with E-state index in [1.54, 1.807) is 29.3 Å². The summed E-state index contributed by atoms with van der Waals surface area (Å²) in [6.07, 6.45) is 1.37. The number of primary amides is 1. The zero-order chi connectivity index (χ0) is 20.2. The Morgan fingerprint density at radius 1 is 1.39 bits per heavy atom. The Morgan fingerprint density at radius 3 is 2.79 bits per heavy atom. The number of anilines is 1. The first kappa shape index (κ1) is 18.4. The van der Waals surface area contributed by atoms with E-state index < -0.39 is 29.7 Å². The summed E-state index contributed by atoms with van der Waals surface area (Å²) in [6.45, 7) is 3.88. The van der Waals surface area contributed by atoms with Gasteiger partial charge in [0.1, 0.15) is 11.6 Å². The number of hydrogen-bond donors (Lipinski definition) is 2. The fourth-order valence-corrected chi connectivity index (χ4v) is 3.91. The van der Waals surface area contributed by atoms with Crippen LogP contribution in [0.3, 0.4) is 0 Å². The van der Waals surface area contributed by atoms with E-state index in [0.717, 1.165) is 0 Å². The number of aromatic nitrogens is 1. The lowest BCUT2D eigenvalue weighted by atomic mass is 10.0. The molecule has 2 unspecified atom stereocenters. The van der Waals surface area contributed by atoms with Gasteiger partial charge in [0.05, 0.1) is 23.6 Å². The van der Waals surface area contributed by atoms with Crippen LogP contribution in [0.2, 0.25) is 0 Å². The summed E-state index contributed by atoms with van der Waals surface area (Å²) >= 11 is 0. The summed E-state index contributed by atoms with van der Waals surface area (Å²) in [5, 5.41) is 3.73. The summed E-state index contributed by atoms with van der Waals surface area (Å²) in [4.78, 5) is 29.4. The molecule has 9 heteroatoms. The van der Waals surface area contributed by atoms with Crippen LogP contribution in [0.5, 0.6) is 5.75 Å². The molecule has 0 radical (unpaired) electrons. The van der Waals surface area contributed by atoms with Gasteiger partial charge in [-0.05, 0) is 37.4 Å². The van der Waals surface area contributed by atoms with Crippen LogP contribution in [0.1, 0.15) is 24.2 Å². The molecule has 0 spiro atoms. The quantitative estimate of drug-likeness (QED) is 0.828. The van der Waals surface area contributed by atoms with E-state index in [1.165, 1.54) is 0 Å². The van der Waals surface area contributed by atoms with Crippen LogP contribution in [0, 0.1) is 5.92 Å². The Labute approximate surface area is 159 Å². The van der Waals surface area contributed by atoms with Crippen molar-refractivity contribution in [1.82, 2.24) is 10.3 Å². The molecule has 4 rings (SSSR count). The lowest BCUT2D eigenvalue weighted by Crippen LogP contribution is -2.38. The highest BCUT2D eigenvalue weighted by Crippen LogP contribution is 2.41. The highest BCUT2D eigenvalue weighted by molar-refractivity contribution is 6.03. The fraction of sp³-hybridized carbons (Fsp3) is 0.421. The van der Waals surface area contributed by atoms with E-state index in [9.17, 15) is 18.4 Å². The zero-order valence-corrected chi connectivity index (χ0v) is 15.4. The first-order valence-corrected chi connectivity index (χ1v) is 9.01. The average Bonchev–Trinajstić information content (AvgIpc) is 3.12. The number of pyridine rings is 1. The molecular weight excluding hydrogens is 370 g/mol. The molecule has 1 aromatic carbocycles. The van der Waals surface area contributed by atoms with Crippen LogP contribution >= 0.6 is 0 Å². The second-order valence-electron chi connectivity index (χ2n) is 7.45. The number of hydrogen-bond acceptors (Lipinski definition) is 5. The maximum absolute atomic E-state index is 14.1. The van der Waals surface area contributed by atoms with Crippen molar-refractivity contribution < 1.29 is 23.1 Å². The predicted molar refractivity (Wildman–Crippen MR) is 98.6 cm³/mol. The number of carbonyl (C=O) groups is 2. The Kier molecular flexibility index (Phi) is 4.13. The molecule has 3 heterocycles. The van der Waals surface area contributed by atoms with Crippen LogP contribution in [0.4, 0.5) is 14.6 Å². The molecular formula is C19H20F2N4O3. The minimum atomic E-state index is -3.39. The Hall–Kier alpha value is -2.97. The Bertz CT molecular complexity index is 979. The third kappa shape index (κ3) is 2.81. The van der Waals surface area contributed by atoms with Crippen molar-refractivity contribution in [3.05, 3.63) is 30.0 Å². The third-order valence-corrected chi connectivity index (χ3v) is 5.18. The summed E-state index contributed by atoms with van der Waals surface area (Å²) < 4.78 is 34.0. The topological polar surface area (TPSA) is 97.6 Å². The number of amides is 2.